The van der Waals surface area contributed by atoms with E-state index in [4.69, 9.17) is 13.8 Å². The molecule has 24 heavy (non-hydrogen) atoms. The Bertz CT molecular complexity index is 826. The zero-order valence-corrected chi connectivity index (χ0v) is 13.6. The molecule has 2 aromatic heterocycles. The summed E-state index contributed by atoms with van der Waals surface area (Å²) in [7, 11) is 3.30. The Hall–Kier alpha value is -2.74. The van der Waals surface area contributed by atoms with Crippen molar-refractivity contribution in [1.29, 1.82) is 0 Å². The number of carbonyl (C=O) groups is 1. The number of hydrogen-bond acceptors (Lipinski definition) is 7. The number of hydrogen-bond donors (Lipinski definition) is 0. The summed E-state index contributed by atoms with van der Waals surface area (Å²) in [5, 5.41) is 8.67. The molecule has 0 saturated carbocycles. The molecule has 1 amide bonds. The number of amides is 1. The van der Waals surface area contributed by atoms with Gasteiger partial charge in [-0.2, -0.15) is 4.98 Å². The van der Waals surface area contributed by atoms with E-state index in [0.717, 1.165) is 5.39 Å². The van der Waals surface area contributed by atoms with Gasteiger partial charge in [0, 0.05) is 26.0 Å². The van der Waals surface area contributed by atoms with Crippen LogP contribution < -0.4 is 0 Å². The summed E-state index contributed by atoms with van der Waals surface area (Å²) in [6.07, 6.45) is 0.723. The molecule has 0 unspecified atom stereocenters. The molecule has 0 spiro atoms. The number of aromatic nitrogens is 3. The maximum Gasteiger partial charge on any atom is 0.246 e. The molecule has 0 N–H and O–H groups in total. The topological polar surface area (TPSA) is 94.5 Å². The Kier molecular flexibility index (Phi) is 4.85. The molecular formula is C16H18N4O4. The number of carbonyl (C=O) groups excluding carboxylic acids is 1. The molecule has 3 rings (SSSR count). The number of fused-ring (bicyclic) bond motifs is 1. The highest BCUT2D eigenvalue weighted by atomic mass is 16.5. The zero-order chi connectivity index (χ0) is 16.9. The molecule has 126 valence electrons. The fourth-order valence-electron chi connectivity index (χ4n) is 2.28. The Morgan fingerprint density at radius 1 is 1.25 bits per heavy atom. The van der Waals surface area contributed by atoms with Crippen LogP contribution in [0.1, 0.15) is 17.4 Å². The fourth-order valence-corrected chi connectivity index (χ4v) is 2.28. The highest BCUT2D eigenvalue weighted by Gasteiger charge is 2.17. The first-order valence-corrected chi connectivity index (χ1v) is 7.55. The minimum absolute atomic E-state index is 0.106. The van der Waals surface area contributed by atoms with Crippen LogP contribution in [0.5, 0.6) is 0 Å². The van der Waals surface area contributed by atoms with Crippen LogP contribution >= 0.6 is 0 Å². The van der Waals surface area contributed by atoms with Crippen LogP contribution in [0.3, 0.4) is 0 Å². The quantitative estimate of drug-likeness (QED) is 0.649. The highest BCUT2D eigenvalue weighted by Crippen LogP contribution is 2.18. The first-order valence-electron chi connectivity index (χ1n) is 7.55. The summed E-state index contributed by atoms with van der Waals surface area (Å²) in [5.74, 6) is 0.850. The van der Waals surface area contributed by atoms with Gasteiger partial charge in [0.15, 0.2) is 11.4 Å². The molecule has 0 atom stereocenters. The molecule has 8 nitrogen and oxygen atoms in total. The second kappa shape index (κ2) is 7.22. The Morgan fingerprint density at radius 3 is 2.92 bits per heavy atom. The van der Waals surface area contributed by atoms with Gasteiger partial charge in [-0.15, -0.1) is 0 Å². The van der Waals surface area contributed by atoms with Crippen LogP contribution in [-0.4, -0.2) is 46.9 Å². The van der Waals surface area contributed by atoms with E-state index in [2.05, 4.69) is 15.3 Å². The second-order valence-electron chi connectivity index (χ2n) is 5.40. The largest absolute Gasteiger partial charge is 0.384 e. The molecule has 2 heterocycles. The Morgan fingerprint density at radius 2 is 2.08 bits per heavy atom. The van der Waals surface area contributed by atoms with Crippen LogP contribution in [0, 0.1) is 0 Å². The second-order valence-corrected chi connectivity index (χ2v) is 5.40. The summed E-state index contributed by atoms with van der Waals surface area (Å²) in [4.78, 5) is 18.1. The average Bonchev–Trinajstić information content (AvgIpc) is 3.20. The summed E-state index contributed by atoms with van der Waals surface area (Å²) >= 11 is 0. The number of rotatable bonds is 7. The summed E-state index contributed by atoms with van der Waals surface area (Å²) in [5.41, 5.74) is 1.29. The Balaban J connectivity index is 1.61. The van der Waals surface area contributed by atoms with Gasteiger partial charge in [0.2, 0.25) is 11.8 Å². The predicted octanol–water partition coefficient (Wildman–Crippen LogP) is 1.60. The van der Waals surface area contributed by atoms with Crippen molar-refractivity contribution in [3.8, 4) is 0 Å². The first-order chi connectivity index (χ1) is 11.7. The molecule has 0 aliphatic rings. The number of methoxy groups -OCH3 is 1. The monoisotopic (exact) mass is 330 g/mol. The molecule has 0 fully saturated rings. The number of likely N-dealkylation sites (N-methyl/N-ethyl adjacent to an activating group) is 1. The van der Waals surface area contributed by atoms with Crippen LogP contribution in [0.4, 0.5) is 0 Å². The summed E-state index contributed by atoms with van der Waals surface area (Å²) in [6.45, 7) is 0.765. The molecule has 8 heteroatoms. The lowest BCUT2D eigenvalue weighted by atomic mass is 10.1. The highest BCUT2D eigenvalue weighted by molar-refractivity contribution is 5.86. The van der Waals surface area contributed by atoms with Gasteiger partial charge in [-0.3, -0.25) is 4.79 Å². The van der Waals surface area contributed by atoms with Crippen molar-refractivity contribution >= 4 is 16.9 Å². The average molecular weight is 330 g/mol. The fraction of sp³-hybridized carbons (Fsp3) is 0.375. The predicted molar refractivity (Wildman–Crippen MR) is 84.1 cm³/mol. The number of nitrogens with zero attached hydrogens (tertiary/aromatic N) is 4. The third-order valence-corrected chi connectivity index (χ3v) is 3.61. The third-order valence-electron chi connectivity index (χ3n) is 3.61. The van der Waals surface area contributed by atoms with Crippen LogP contribution in [-0.2, 0) is 28.9 Å². The minimum Gasteiger partial charge on any atom is -0.384 e. The first kappa shape index (κ1) is 16.1. The molecule has 0 bridgehead atoms. The molecule has 0 aliphatic heterocycles. The van der Waals surface area contributed by atoms with E-state index < -0.39 is 0 Å². The van der Waals surface area contributed by atoms with Gasteiger partial charge in [0.1, 0.15) is 5.69 Å². The molecule has 1 aromatic carbocycles. The number of benzene rings is 1. The molecule has 0 aliphatic carbocycles. The van der Waals surface area contributed by atoms with Crippen molar-refractivity contribution in [2.45, 2.75) is 19.4 Å². The van der Waals surface area contributed by atoms with Crippen molar-refractivity contribution in [2.24, 2.45) is 0 Å². The van der Waals surface area contributed by atoms with Crippen LogP contribution in [0.15, 0.2) is 33.3 Å². The van der Waals surface area contributed by atoms with E-state index in [1.807, 2.05) is 24.3 Å². The van der Waals surface area contributed by atoms with Gasteiger partial charge in [-0.1, -0.05) is 22.4 Å². The minimum atomic E-state index is -0.106. The lowest BCUT2D eigenvalue weighted by Crippen LogP contribution is -2.28. The van der Waals surface area contributed by atoms with Crippen molar-refractivity contribution in [3.63, 3.8) is 0 Å². The van der Waals surface area contributed by atoms with Gasteiger partial charge in [0.05, 0.1) is 19.6 Å². The molecule has 3 aromatic rings. The lowest BCUT2D eigenvalue weighted by molar-refractivity contribution is -0.130. The van der Waals surface area contributed by atoms with Gasteiger partial charge in [0.25, 0.3) is 0 Å². The van der Waals surface area contributed by atoms with Crippen molar-refractivity contribution in [2.75, 3.05) is 20.8 Å². The van der Waals surface area contributed by atoms with E-state index in [9.17, 15) is 4.79 Å². The SMILES string of the molecule is COCCc1noc(CN(C)C(=O)Cc2noc3ccccc23)n1. The maximum atomic E-state index is 12.4. The maximum absolute atomic E-state index is 12.4. The summed E-state index contributed by atoms with van der Waals surface area (Å²) < 4.78 is 15.3. The van der Waals surface area contributed by atoms with E-state index in [1.54, 1.807) is 14.2 Å². The molecule has 0 radical (unpaired) electrons. The van der Waals surface area contributed by atoms with Crippen molar-refractivity contribution in [3.05, 3.63) is 41.7 Å². The van der Waals surface area contributed by atoms with Gasteiger partial charge < -0.3 is 18.7 Å². The lowest BCUT2D eigenvalue weighted by Gasteiger charge is -2.13. The smallest absolute Gasteiger partial charge is 0.246 e. The Labute approximate surface area is 138 Å². The number of para-hydroxylation sites is 1. The normalized spacial score (nSPS) is 11.1. The van der Waals surface area contributed by atoms with E-state index in [0.29, 0.717) is 36.0 Å². The standard InChI is InChI=1S/C16H18N4O4/c1-20(10-15-17-14(19-24-15)7-8-22-2)16(21)9-12-11-5-3-4-6-13(11)23-18-12/h3-6H,7-10H2,1-2H3. The zero-order valence-electron chi connectivity index (χ0n) is 13.6. The molecular weight excluding hydrogens is 312 g/mol. The third kappa shape index (κ3) is 3.60. The number of ether oxygens (including phenoxy) is 1. The van der Waals surface area contributed by atoms with Crippen LogP contribution in [0.25, 0.3) is 11.0 Å². The molecule has 0 saturated heterocycles. The van der Waals surface area contributed by atoms with E-state index in [-0.39, 0.29) is 18.9 Å². The van der Waals surface area contributed by atoms with Crippen molar-refractivity contribution in [1.82, 2.24) is 20.2 Å². The van der Waals surface area contributed by atoms with Gasteiger partial charge >= 0.3 is 0 Å². The summed E-state index contributed by atoms with van der Waals surface area (Å²) in [6, 6.07) is 7.45. The van der Waals surface area contributed by atoms with Gasteiger partial charge in [-0.25, -0.2) is 0 Å². The van der Waals surface area contributed by atoms with Crippen LogP contribution in [0.2, 0.25) is 0 Å². The van der Waals surface area contributed by atoms with Gasteiger partial charge in [-0.05, 0) is 12.1 Å². The van der Waals surface area contributed by atoms with E-state index in [1.165, 1.54) is 4.90 Å². The van der Waals surface area contributed by atoms with E-state index >= 15 is 0 Å². The van der Waals surface area contributed by atoms with Crippen molar-refractivity contribution < 1.29 is 18.6 Å².